The average molecular weight is 401 g/mol. The van der Waals surface area contributed by atoms with E-state index in [0.29, 0.717) is 13.1 Å². The van der Waals surface area contributed by atoms with Gasteiger partial charge in [0.15, 0.2) is 12.4 Å². The molecule has 0 aliphatic carbocycles. The van der Waals surface area contributed by atoms with Crippen molar-refractivity contribution in [2.45, 2.75) is 25.9 Å². The number of amides is 1. The summed E-state index contributed by atoms with van der Waals surface area (Å²) < 4.78 is 45.1. The molecule has 0 atom stereocenters. The molecule has 5 nitrogen and oxygen atoms in total. The fourth-order valence-electron chi connectivity index (χ4n) is 3.28. The molecule has 2 heterocycles. The maximum absolute atomic E-state index is 12.8. The second-order valence-corrected chi connectivity index (χ2v) is 6.78. The van der Waals surface area contributed by atoms with Crippen LogP contribution in [0.1, 0.15) is 27.2 Å². The van der Waals surface area contributed by atoms with E-state index in [1.165, 1.54) is 22.4 Å². The lowest BCUT2D eigenvalue weighted by molar-refractivity contribution is -0.137. The van der Waals surface area contributed by atoms with Crippen molar-refractivity contribution in [3.63, 3.8) is 0 Å². The van der Waals surface area contributed by atoms with Gasteiger partial charge < -0.3 is 9.64 Å². The lowest BCUT2D eigenvalue weighted by Gasteiger charge is -2.28. The van der Waals surface area contributed by atoms with Gasteiger partial charge in [-0.3, -0.25) is 4.79 Å². The third-order valence-electron chi connectivity index (χ3n) is 4.80. The zero-order valence-electron chi connectivity index (χ0n) is 15.4. The first-order valence-electron chi connectivity index (χ1n) is 9.10. The number of fused-ring (bicyclic) bond motifs is 1. The molecule has 0 N–H and O–H groups in total. The Labute approximate surface area is 165 Å². The van der Waals surface area contributed by atoms with Crippen LogP contribution < -0.4 is 4.74 Å². The summed E-state index contributed by atoms with van der Waals surface area (Å²) in [5.41, 5.74) is 1.87. The minimum atomic E-state index is -4.43. The molecule has 0 spiro atoms. The number of carbonyl (C=O) groups is 1. The predicted octanol–water partition coefficient (Wildman–Crippen LogP) is 4.14. The van der Waals surface area contributed by atoms with Crippen molar-refractivity contribution in [3.05, 3.63) is 83.2 Å². The molecule has 0 saturated heterocycles. The second kappa shape index (κ2) is 7.62. The Morgan fingerprint density at radius 2 is 1.86 bits per heavy atom. The molecule has 1 amide bonds. The molecule has 0 unspecified atom stereocenters. The molecule has 1 aliphatic heterocycles. The van der Waals surface area contributed by atoms with Crippen LogP contribution in [0.5, 0.6) is 5.75 Å². The van der Waals surface area contributed by atoms with E-state index in [0.717, 1.165) is 24.1 Å². The van der Waals surface area contributed by atoms with Crippen LogP contribution in [0, 0.1) is 0 Å². The Morgan fingerprint density at radius 1 is 1.07 bits per heavy atom. The highest BCUT2D eigenvalue weighted by atomic mass is 19.4. The smallest absolute Gasteiger partial charge is 0.416 e. The largest absolute Gasteiger partial charge is 0.471 e. The van der Waals surface area contributed by atoms with Gasteiger partial charge in [0.05, 0.1) is 5.56 Å². The van der Waals surface area contributed by atoms with Gasteiger partial charge >= 0.3 is 6.18 Å². The Balaban J connectivity index is 1.39. The topological polar surface area (TPSA) is 47.4 Å². The molecule has 0 saturated carbocycles. The summed E-state index contributed by atoms with van der Waals surface area (Å²) in [4.78, 5) is 14.5. The summed E-state index contributed by atoms with van der Waals surface area (Å²) in [6.07, 6.45) is -2.07. The molecule has 29 heavy (non-hydrogen) atoms. The number of hydrogen-bond donors (Lipinski definition) is 0. The third-order valence-corrected chi connectivity index (χ3v) is 4.80. The minimum Gasteiger partial charge on any atom is -0.471 e. The van der Waals surface area contributed by atoms with Crippen LogP contribution in [-0.4, -0.2) is 27.1 Å². The Hall–Kier alpha value is -3.29. The molecule has 0 bridgehead atoms. The van der Waals surface area contributed by atoms with Crippen molar-refractivity contribution < 1.29 is 22.7 Å². The lowest BCUT2D eigenvalue weighted by atomic mass is 10.00. The van der Waals surface area contributed by atoms with Crippen molar-refractivity contribution >= 4 is 5.91 Å². The summed E-state index contributed by atoms with van der Waals surface area (Å²) in [6, 6.07) is 14.2. The van der Waals surface area contributed by atoms with Gasteiger partial charge in [0.25, 0.3) is 5.91 Å². The van der Waals surface area contributed by atoms with Gasteiger partial charge in [0.2, 0.25) is 0 Å². The molecule has 0 radical (unpaired) electrons. The van der Waals surface area contributed by atoms with E-state index in [9.17, 15) is 18.0 Å². The average Bonchev–Trinajstić information content (AvgIpc) is 3.20. The highest BCUT2D eigenvalue weighted by Crippen LogP contribution is 2.31. The SMILES string of the molecule is O=C(c1ccn(COc2cccc(C(F)(F)F)c2)n1)N1CCc2ccccc2C1. The molecule has 3 aromatic rings. The van der Waals surface area contributed by atoms with Crippen LogP contribution >= 0.6 is 0 Å². The van der Waals surface area contributed by atoms with E-state index < -0.39 is 11.7 Å². The number of carbonyl (C=O) groups excluding carboxylic acids is 1. The van der Waals surface area contributed by atoms with Gasteiger partial charge in [-0.1, -0.05) is 30.3 Å². The number of alkyl halides is 3. The Morgan fingerprint density at radius 3 is 2.66 bits per heavy atom. The molecule has 8 heteroatoms. The van der Waals surface area contributed by atoms with Crippen molar-refractivity contribution in [1.82, 2.24) is 14.7 Å². The van der Waals surface area contributed by atoms with Gasteiger partial charge in [0, 0.05) is 19.3 Å². The van der Waals surface area contributed by atoms with Crippen LogP contribution in [0.2, 0.25) is 0 Å². The fourth-order valence-corrected chi connectivity index (χ4v) is 3.28. The molecular formula is C21H18F3N3O2. The van der Waals surface area contributed by atoms with Crippen LogP contribution in [0.3, 0.4) is 0 Å². The third kappa shape index (κ3) is 4.26. The van der Waals surface area contributed by atoms with E-state index in [-0.39, 0.29) is 24.1 Å². The van der Waals surface area contributed by atoms with Crippen LogP contribution in [0.15, 0.2) is 60.8 Å². The molecule has 0 fully saturated rings. The molecule has 1 aliphatic rings. The van der Waals surface area contributed by atoms with Crippen LogP contribution in [0.4, 0.5) is 13.2 Å². The zero-order chi connectivity index (χ0) is 20.4. The standard InChI is InChI=1S/C21H18F3N3O2/c22-21(23,24)17-6-3-7-18(12-17)29-14-27-11-9-19(25-27)20(28)26-10-8-15-4-1-2-5-16(15)13-26/h1-7,9,11-12H,8,10,13-14H2. The minimum absolute atomic E-state index is 0.0795. The number of aromatic nitrogens is 2. The van der Waals surface area contributed by atoms with E-state index in [4.69, 9.17) is 4.74 Å². The van der Waals surface area contributed by atoms with Gasteiger partial charge in [-0.15, -0.1) is 0 Å². The first-order valence-corrected chi connectivity index (χ1v) is 9.10. The van der Waals surface area contributed by atoms with E-state index in [1.807, 2.05) is 18.2 Å². The van der Waals surface area contributed by atoms with Crippen molar-refractivity contribution in [1.29, 1.82) is 0 Å². The number of nitrogens with zero attached hydrogens (tertiary/aromatic N) is 3. The lowest BCUT2D eigenvalue weighted by Crippen LogP contribution is -2.36. The van der Waals surface area contributed by atoms with Crippen LogP contribution in [-0.2, 0) is 25.9 Å². The van der Waals surface area contributed by atoms with Gasteiger partial charge in [-0.25, -0.2) is 4.68 Å². The number of hydrogen-bond acceptors (Lipinski definition) is 3. The van der Waals surface area contributed by atoms with Crippen LogP contribution in [0.25, 0.3) is 0 Å². The summed E-state index contributed by atoms with van der Waals surface area (Å²) in [7, 11) is 0. The monoisotopic (exact) mass is 401 g/mol. The van der Waals surface area contributed by atoms with E-state index >= 15 is 0 Å². The number of halogens is 3. The van der Waals surface area contributed by atoms with Gasteiger partial charge in [0.1, 0.15) is 5.75 Å². The van der Waals surface area contributed by atoms with E-state index in [2.05, 4.69) is 11.2 Å². The first-order chi connectivity index (χ1) is 13.9. The number of ether oxygens (including phenoxy) is 1. The van der Waals surface area contributed by atoms with Crippen molar-refractivity contribution in [2.24, 2.45) is 0 Å². The normalized spacial score (nSPS) is 13.8. The molecule has 1 aromatic heterocycles. The maximum atomic E-state index is 12.8. The second-order valence-electron chi connectivity index (χ2n) is 6.78. The predicted molar refractivity (Wildman–Crippen MR) is 99.2 cm³/mol. The molecular weight excluding hydrogens is 383 g/mol. The highest BCUT2D eigenvalue weighted by molar-refractivity contribution is 5.92. The van der Waals surface area contributed by atoms with E-state index in [1.54, 1.807) is 17.2 Å². The zero-order valence-corrected chi connectivity index (χ0v) is 15.4. The van der Waals surface area contributed by atoms with Gasteiger partial charge in [-0.2, -0.15) is 18.3 Å². The summed E-state index contributed by atoms with van der Waals surface area (Å²) in [6.45, 7) is 1.05. The molecule has 4 rings (SSSR count). The first kappa shape index (κ1) is 19.0. The number of benzene rings is 2. The Bertz CT molecular complexity index is 1030. The maximum Gasteiger partial charge on any atom is 0.416 e. The molecule has 150 valence electrons. The van der Waals surface area contributed by atoms with Crippen molar-refractivity contribution in [2.75, 3.05) is 6.54 Å². The Kier molecular flexibility index (Phi) is 5.00. The summed E-state index contributed by atoms with van der Waals surface area (Å²) in [5.74, 6) is -0.104. The highest BCUT2D eigenvalue weighted by Gasteiger charge is 2.30. The number of rotatable bonds is 4. The summed E-state index contributed by atoms with van der Waals surface area (Å²) in [5, 5.41) is 4.21. The quantitative estimate of drug-likeness (QED) is 0.660. The van der Waals surface area contributed by atoms with Crippen molar-refractivity contribution in [3.8, 4) is 5.75 Å². The summed E-state index contributed by atoms with van der Waals surface area (Å²) >= 11 is 0. The molecule has 2 aromatic carbocycles. The fraction of sp³-hybridized carbons (Fsp3) is 0.238. The van der Waals surface area contributed by atoms with Gasteiger partial charge in [-0.05, 0) is 41.8 Å².